The number of carbonyl (C=O) groups excluding carboxylic acids is 1. The molecular formula is C8H12ClKO2. The van der Waals surface area contributed by atoms with Crippen molar-refractivity contribution in [1.29, 1.82) is 0 Å². The quantitative estimate of drug-likeness (QED) is 0.305. The number of hydrogen-bond acceptors (Lipinski definition) is 2. The molecule has 0 rings (SSSR count). The zero-order valence-electron chi connectivity index (χ0n) is 7.55. The van der Waals surface area contributed by atoms with Crippen LogP contribution in [0.5, 0.6) is 0 Å². The minimum Gasteiger partial charge on any atom is -0.550 e. The largest absolute Gasteiger partial charge is 1.00 e. The van der Waals surface area contributed by atoms with Crippen molar-refractivity contribution >= 4 is 17.6 Å². The number of carboxylic acids is 1. The molecule has 0 aromatic carbocycles. The molecule has 0 amide bonds. The van der Waals surface area contributed by atoms with E-state index < -0.39 is 5.97 Å². The minimum atomic E-state index is -1.01. The Labute approximate surface area is 121 Å². The minimum absolute atomic E-state index is 0. The summed E-state index contributed by atoms with van der Waals surface area (Å²) in [5.74, 6) is -1.01. The predicted octanol–water partition coefficient (Wildman–Crippen LogP) is -1.91. The average molecular weight is 215 g/mol. The summed E-state index contributed by atoms with van der Waals surface area (Å²) in [7, 11) is 0. The Morgan fingerprint density at radius 1 is 1.58 bits per heavy atom. The predicted molar refractivity (Wildman–Crippen MR) is 43.3 cm³/mol. The van der Waals surface area contributed by atoms with Crippen LogP contribution in [-0.4, -0.2) is 11.3 Å². The normalized spacial score (nSPS) is 12.5. The van der Waals surface area contributed by atoms with Crippen LogP contribution in [0.1, 0.15) is 26.2 Å². The maximum absolute atomic E-state index is 9.93. The summed E-state index contributed by atoms with van der Waals surface area (Å²) in [5, 5.41) is 10.0. The Hall–Kier alpha value is 1.14. The molecule has 0 N–H and O–H groups in total. The molecular weight excluding hydrogens is 203 g/mol. The van der Waals surface area contributed by atoms with Gasteiger partial charge in [0, 0.05) is 11.3 Å². The average Bonchev–Trinajstić information content (AvgIpc) is 1.85. The summed E-state index contributed by atoms with van der Waals surface area (Å²) in [6.45, 7) is 1.89. The maximum Gasteiger partial charge on any atom is 1.00 e. The van der Waals surface area contributed by atoms with Gasteiger partial charge >= 0.3 is 51.4 Å². The van der Waals surface area contributed by atoms with Crippen molar-refractivity contribution in [3.8, 4) is 0 Å². The molecule has 0 aliphatic heterocycles. The Bertz CT molecular complexity index is 146. The first-order valence-electron chi connectivity index (χ1n) is 3.62. The first kappa shape index (κ1) is 15.6. The molecule has 0 aromatic heterocycles. The molecule has 0 heterocycles. The molecule has 0 bridgehead atoms. The van der Waals surface area contributed by atoms with Crippen molar-refractivity contribution in [3.63, 3.8) is 0 Å². The molecule has 0 aliphatic carbocycles. The Kier molecular flexibility index (Phi) is 13.3. The van der Waals surface area contributed by atoms with E-state index in [1.165, 1.54) is 0 Å². The fraction of sp³-hybridized carbons (Fsp3) is 0.625. The molecule has 1 atom stereocenters. The van der Waals surface area contributed by atoms with E-state index in [9.17, 15) is 9.90 Å². The second kappa shape index (κ2) is 10.2. The molecule has 64 valence electrons. The summed E-state index contributed by atoms with van der Waals surface area (Å²) in [6.07, 6.45) is 5.11. The van der Waals surface area contributed by atoms with Gasteiger partial charge in [0.25, 0.3) is 0 Å². The fourth-order valence-electron chi connectivity index (χ4n) is 0.603. The maximum atomic E-state index is 9.93. The first-order chi connectivity index (χ1) is 5.13. The van der Waals surface area contributed by atoms with E-state index in [0.29, 0.717) is 6.42 Å². The zero-order chi connectivity index (χ0) is 8.69. The summed E-state index contributed by atoms with van der Waals surface area (Å²) < 4.78 is 0. The van der Waals surface area contributed by atoms with Gasteiger partial charge in [-0.1, -0.05) is 12.2 Å². The van der Waals surface area contributed by atoms with Crippen LogP contribution in [0, 0.1) is 0 Å². The first-order valence-corrected chi connectivity index (χ1v) is 4.05. The third-order valence-corrected chi connectivity index (χ3v) is 1.32. The van der Waals surface area contributed by atoms with Crippen LogP contribution in [0.4, 0.5) is 0 Å². The third kappa shape index (κ3) is 13.7. The third-order valence-electron chi connectivity index (χ3n) is 1.14. The van der Waals surface area contributed by atoms with Crippen molar-refractivity contribution in [1.82, 2.24) is 0 Å². The number of rotatable bonds is 5. The van der Waals surface area contributed by atoms with Crippen molar-refractivity contribution in [2.24, 2.45) is 0 Å². The van der Waals surface area contributed by atoms with Crippen LogP contribution < -0.4 is 56.5 Å². The molecule has 0 fully saturated rings. The van der Waals surface area contributed by atoms with Crippen molar-refractivity contribution in [3.05, 3.63) is 12.2 Å². The molecule has 4 heteroatoms. The molecule has 12 heavy (non-hydrogen) atoms. The number of hydrogen-bond donors (Lipinski definition) is 0. The molecule has 0 radical (unpaired) electrons. The van der Waals surface area contributed by atoms with Gasteiger partial charge < -0.3 is 9.90 Å². The molecule has 0 aromatic rings. The van der Waals surface area contributed by atoms with Crippen molar-refractivity contribution in [2.75, 3.05) is 0 Å². The van der Waals surface area contributed by atoms with Gasteiger partial charge in [0.1, 0.15) is 0 Å². The number of alkyl halides is 1. The van der Waals surface area contributed by atoms with Gasteiger partial charge in [-0.05, 0) is 26.2 Å². The molecule has 0 spiro atoms. The van der Waals surface area contributed by atoms with Crippen LogP contribution in [-0.2, 0) is 4.79 Å². The molecule has 1 unspecified atom stereocenters. The van der Waals surface area contributed by atoms with Crippen LogP contribution in [0.3, 0.4) is 0 Å². The van der Waals surface area contributed by atoms with Gasteiger partial charge in [0.05, 0.1) is 0 Å². The Balaban J connectivity index is 0. The number of halogens is 1. The SMILES string of the molecule is CC(Cl)C/C=C/CCC(=O)[O-].[K+]. The van der Waals surface area contributed by atoms with E-state index in [0.717, 1.165) is 6.42 Å². The van der Waals surface area contributed by atoms with Crippen LogP contribution >= 0.6 is 11.6 Å². The number of carbonyl (C=O) groups is 1. The summed E-state index contributed by atoms with van der Waals surface area (Å²) in [4.78, 5) is 9.93. The molecule has 0 aliphatic rings. The van der Waals surface area contributed by atoms with E-state index >= 15 is 0 Å². The summed E-state index contributed by atoms with van der Waals surface area (Å²) >= 11 is 5.64. The summed E-state index contributed by atoms with van der Waals surface area (Å²) in [5.41, 5.74) is 0. The van der Waals surface area contributed by atoms with Crippen LogP contribution in [0.25, 0.3) is 0 Å². The monoisotopic (exact) mass is 214 g/mol. The fourth-order valence-corrected chi connectivity index (χ4v) is 0.706. The van der Waals surface area contributed by atoms with Gasteiger partial charge in [-0.2, -0.15) is 0 Å². The van der Waals surface area contributed by atoms with Crippen LogP contribution in [0.2, 0.25) is 0 Å². The zero-order valence-corrected chi connectivity index (χ0v) is 11.4. The number of allylic oxidation sites excluding steroid dienone is 2. The number of carboxylic acid groups (broad SMARTS) is 1. The van der Waals surface area contributed by atoms with Gasteiger partial charge in [0.15, 0.2) is 0 Å². The topological polar surface area (TPSA) is 40.1 Å². The van der Waals surface area contributed by atoms with Gasteiger partial charge in [-0.15, -0.1) is 11.6 Å². The van der Waals surface area contributed by atoms with Gasteiger partial charge in [-0.25, -0.2) is 0 Å². The van der Waals surface area contributed by atoms with Crippen molar-refractivity contribution in [2.45, 2.75) is 31.6 Å². The Morgan fingerprint density at radius 3 is 2.58 bits per heavy atom. The molecule has 0 saturated heterocycles. The van der Waals surface area contributed by atoms with E-state index in [4.69, 9.17) is 11.6 Å². The van der Waals surface area contributed by atoms with E-state index in [-0.39, 0.29) is 63.2 Å². The standard InChI is InChI=1S/C8H13ClO2.K/c1-7(9)5-3-2-4-6-8(10)11;/h2-3,7H,4-6H2,1H3,(H,10,11);/q;+1/p-1/b3-2+;. The van der Waals surface area contributed by atoms with Gasteiger partial charge in [-0.3, -0.25) is 0 Å². The number of aliphatic carboxylic acids is 1. The smallest absolute Gasteiger partial charge is 0.550 e. The second-order valence-corrected chi connectivity index (χ2v) is 3.14. The van der Waals surface area contributed by atoms with E-state index in [2.05, 4.69) is 0 Å². The second-order valence-electron chi connectivity index (χ2n) is 2.40. The van der Waals surface area contributed by atoms with Crippen molar-refractivity contribution < 1.29 is 61.3 Å². The van der Waals surface area contributed by atoms with E-state index in [1.54, 1.807) is 0 Å². The molecule has 2 nitrogen and oxygen atoms in total. The Morgan fingerprint density at radius 2 is 2.17 bits per heavy atom. The van der Waals surface area contributed by atoms with E-state index in [1.807, 2.05) is 19.1 Å². The van der Waals surface area contributed by atoms with Gasteiger partial charge in [0.2, 0.25) is 0 Å². The van der Waals surface area contributed by atoms with Crippen LogP contribution in [0.15, 0.2) is 12.2 Å². The molecule has 0 saturated carbocycles. The summed E-state index contributed by atoms with van der Waals surface area (Å²) in [6, 6.07) is 0.